The zero-order chi connectivity index (χ0) is 27.6. The largest absolute Gasteiger partial charge is 0.444 e. The number of carbonyl (C=O) groups excluding carboxylic acids is 1. The van der Waals surface area contributed by atoms with Crippen molar-refractivity contribution in [3.05, 3.63) is 36.2 Å². The molecule has 12 heteroatoms. The quantitative estimate of drug-likeness (QED) is 0.455. The van der Waals surface area contributed by atoms with E-state index in [0.29, 0.717) is 54.9 Å². The molecule has 0 unspecified atom stereocenters. The maximum atomic E-state index is 14.1. The van der Waals surface area contributed by atoms with Crippen LogP contribution in [0.4, 0.5) is 25.3 Å². The van der Waals surface area contributed by atoms with Crippen molar-refractivity contribution >= 4 is 28.9 Å². The van der Waals surface area contributed by atoms with Crippen LogP contribution in [0.1, 0.15) is 58.7 Å². The van der Waals surface area contributed by atoms with Crippen LogP contribution in [0, 0.1) is 0 Å². The van der Waals surface area contributed by atoms with Crippen LogP contribution < -0.4 is 15.5 Å². The van der Waals surface area contributed by atoms with E-state index in [9.17, 15) is 13.6 Å². The third-order valence-corrected chi connectivity index (χ3v) is 6.81. The predicted molar refractivity (Wildman–Crippen MR) is 144 cm³/mol. The van der Waals surface area contributed by atoms with Crippen molar-refractivity contribution in [2.75, 3.05) is 36.5 Å². The fraction of sp³-hybridized carbons (Fsp3) is 0.556. The van der Waals surface area contributed by atoms with Crippen molar-refractivity contribution in [2.24, 2.45) is 0 Å². The van der Waals surface area contributed by atoms with Gasteiger partial charge < -0.3 is 25.0 Å². The smallest absolute Gasteiger partial charge is 0.407 e. The number of morpholine rings is 1. The predicted octanol–water partition coefficient (Wildman–Crippen LogP) is 4.84. The number of hydrogen-bond acceptors (Lipinski definition) is 8. The Morgan fingerprint density at radius 2 is 1.74 bits per heavy atom. The number of alkyl carbamates (subject to hydrolysis) is 1. The van der Waals surface area contributed by atoms with E-state index in [1.807, 2.05) is 25.7 Å². The number of halogens is 2. The van der Waals surface area contributed by atoms with Gasteiger partial charge in [0.2, 0.25) is 5.95 Å². The second-order valence-electron chi connectivity index (χ2n) is 10.9. The minimum absolute atomic E-state index is 0.0358. The molecule has 1 amide bonds. The zero-order valence-corrected chi connectivity index (χ0v) is 22.5. The van der Waals surface area contributed by atoms with Crippen LogP contribution in [0.5, 0.6) is 0 Å². The number of hydrogen-bond donors (Lipinski definition) is 2. The van der Waals surface area contributed by atoms with E-state index in [1.54, 1.807) is 30.3 Å². The number of amides is 1. The Labute approximate surface area is 226 Å². The molecule has 2 N–H and O–H groups in total. The van der Waals surface area contributed by atoms with Gasteiger partial charge in [0.1, 0.15) is 17.2 Å². The number of nitrogens with one attached hydrogen (secondary N) is 2. The standard InChI is InChI=1S/C27H35F2N7O3/c1-27(2,3)39-26(37)31-18-10-8-17(9-11-18)30-21-16-22(34-25(33-21)35-12-14-38-15-13-35)36-20-7-5-4-6-19(20)32-24(36)23(28)29/h4-7,16-18,23H,8-15H2,1-3H3,(H,31,37)(H,30,33,34). The number of benzene rings is 1. The second kappa shape index (κ2) is 11.3. The number of carbonyl (C=O) groups is 1. The lowest BCUT2D eigenvalue weighted by atomic mass is 9.91. The van der Waals surface area contributed by atoms with Crippen LogP contribution in [-0.4, -0.2) is 69.6 Å². The molecule has 5 rings (SSSR count). The first-order chi connectivity index (χ1) is 18.7. The highest BCUT2D eigenvalue weighted by molar-refractivity contribution is 5.78. The molecule has 1 aliphatic heterocycles. The highest BCUT2D eigenvalue weighted by atomic mass is 19.3. The van der Waals surface area contributed by atoms with E-state index >= 15 is 0 Å². The van der Waals surface area contributed by atoms with Crippen LogP contribution in [0.3, 0.4) is 0 Å². The molecule has 0 bridgehead atoms. The molecule has 0 radical (unpaired) electrons. The first-order valence-electron chi connectivity index (χ1n) is 13.4. The third-order valence-electron chi connectivity index (χ3n) is 6.81. The van der Waals surface area contributed by atoms with Crippen LogP contribution in [-0.2, 0) is 9.47 Å². The van der Waals surface area contributed by atoms with Gasteiger partial charge in [0.25, 0.3) is 6.43 Å². The van der Waals surface area contributed by atoms with Crippen molar-refractivity contribution in [3.63, 3.8) is 0 Å². The maximum absolute atomic E-state index is 14.1. The van der Waals surface area contributed by atoms with Crippen LogP contribution in [0.25, 0.3) is 16.9 Å². The second-order valence-corrected chi connectivity index (χ2v) is 10.9. The summed E-state index contributed by atoms with van der Waals surface area (Å²) in [4.78, 5) is 27.8. The van der Waals surface area contributed by atoms with E-state index in [2.05, 4.69) is 15.6 Å². The number of imidazole rings is 1. The number of alkyl halides is 2. The summed E-state index contributed by atoms with van der Waals surface area (Å²) >= 11 is 0. The molecule has 1 saturated carbocycles. The lowest BCUT2D eigenvalue weighted by molar-refractivity contribution is 0.0492. The molecule has 2 fully saturated rings. The lowest BCUT2D eigenvalue weighted by Gasteiger charge is -2.31. The van der Waals surface area contributed by atoms with Crippen LogP contribution in [0.2, 0.25) is 0 Å². The molecule has 1 saturated heterocycles. The van der Waals surface area contributed by atoms with E-state index < -0.39 is 18.1 Å². The molecule has 39 heavy (non-hydrogen) atoms. The molecular weight excluding hydrogens is 508 g/mol. The number of ether oxygens (including phenoxy) is 2. The third kappa shape index (κ3) is 6.55. The van der Waals surface area contributed by atoms with E-state index in [1.165, 1.54) is 4.57 Å². The van der Waals surface area contributed by atoms with Gasteiger partial charge in [-0.1, -0.05) is 12.1 Å². The molecular formula is C27H35F2N7O3. The van der Waals surface area contributed by atoms with E-state index in [0.717, 1.165) is 25.7 Å². The van der Waals surface area contributed by atoms with Gasteiger partial charge in [-0.05, 0) is 58.6 Å². The van der Waals surface area contributed by atoms with Gasteiger partial charge in [-0.25, -0.2) is 18.6 Å². The lowest BCUT2D eigenvalue weighted by Crippen LogP contribution is -2.42. The SMILES string of the molecule is CC(C)(C)OC(=O)NC1CCC(Nc2cc(-n3c(C(F)F)nc4ccccc43)nc(N3CCOCC3)n2)CC1. The Hall–Kier alpha value is -3.54. The fourth-order valence-electron chi connectivity index (χ4n) is 5.01. The molecule has 1 aromatic carbocycles. The summed E-state index contributed by atoms with van der Waals surface area (Å²) in [6, 6.07) is 8.89. The summed E-state index contributed by atoms with van der Waals surface area (Å²) < 4.78 is 40.5. The Bertz CT molecular complexity index is 1300. The molecule has 10 nitrogen and oxygen atoms in total. The van der Waals surface area contributed by atoms with Gasteiger partial charge in [-0.15, -0.1) is 0 Å². The number of fused-ring (bicyclic) bond motifs is 1. The number of aromatic nitrogens is 4. The van der Waals surface area contributed by atoms with Gasteiger partial charge in [-0.3, -0.25) is 4.57 Å². The molecule has 3 aromatic rings. The molecule has 1 aliphatic carbocycles. The van der Waals surface area contributed by atoms with Crippen LogP contribution in [0.15, 0.2) is 30.3 Å². The fourth-order valence-corrected chi connectivity index (χ4v) is 5.01. The van der Waals surface area contributed by atoms with Crippen molar-refractivity contribution in [3.8, 4) is 5.82 Å². The summed E-state index contributed by atoms with van der Waals surface area (Å²) in [6.45, 7) is 7.82. The maximum Gasteiger partial charge on any atom is 0.407 e. The first-order valence-corrected chi connectivity index (χ1v) is 13.4. The molecule has 210 valence electrons. The zero-order valence-electron chi connectivity index (χ0n) is 22.5. The minimum Gasteiger partial charge on any atom is -0.444 e. The van der Waals surface area contributed by atoms with Gasteiger partial charge in [0, 0.05) is 31.2 Å². The van der Waals surface area contributed by atoms with Crippen molar-refractivity contribution in [1.29, 1.82) is 0 Å². The van der Waals surface area contributed by atoms with Crippen molar-refractivity contribution < 1.29 is 23.0 Å². The van der Waals surface area contributed by atoms with Crippen molar-refractivity contribution in [1.82, 2.24) is 24.8 Å². The topological polar surface area (TPSA) is 106 Å². The van der Waals surface area contributed by atoms with E-state index in [-0.39, 0.29) is 17.9 Å². The Morgan fingerprint density at radius 1 is 1.05 bits per heavy atom. The number of para-hydroxylation sites is 2. The average Bonchev–Trinajstić information content (AvgIpc) is 3.29. The molecule has 3 heterocycles. The van der Waals surface area contributed by atoms with Gasteiger partial charge >= 0.3 is 6.09 Å². The summed E-state index contributed by atoms with van der Waals surface area (Å²) in [5, 5.41) is 6.46. The first kappa shape index (κ1) is 27.0. The molecule has 0 atom stereocenters. The summed E-state index contributed by atoms with van der Waals surface area (Å²) in [5.41, 5.74) is 0.486. The summed E-state index contributed by atoms with van der Waals surface area (Å²) in [5.74, 6) is 0.986. The highest BCUT2D eigenvalue weighted by Crippen LogP contribution is 2.30. The molecule has 2 aliphatic rings. The van der Waals surface area contributed by atoms with Gasteiger partial charge in [-0.2, -0.15) is 9.97 Å². The van der Waals surface area contributed by atoms with Gasteiger partial charge in [0.05, 0.1) is 24.2 Å². The monoisotopic (exact) mass is 543 g/mol. The van der Waals surface area contributed by atoms with Gasteiger partial charge in [0.15, 0.2) is 5.82 Å². The Kier molecular flexibility index (Phi) is 7.83. The molecule has 0 spiro atoms. The number of nitrogens with zero attached hydrogens (tertiary/aromatic N) is 5. The summed E-state index contributed by atoms with van der Waals surface area (Å²) in [6.07, 6.45) is 0.00587. The Balaban J connectivity index is 1.38. The Morgan fingerprint density at radius 3 is 2.44 bits per heavy atom. The number of anilines is 2. The number of rotatable bonds is 6. The normalized spacial score (nSPS) is 20.3. The van der Waals surface area contributed by atoms with Crippen LogP contribution >= 0.6 is 0 Å². The highest BCUT2D eigenvalue weighted by Gasteiger charge is 2.27. The minimum atomic E-state index is -2.77. The summed E-state index contributed by atoms with van der Waals surface area (Å²) in [7, 11) is 0. The average molecular weight is 544 g/mol. The van der Waals surface area contributed by atoms with Crippen molar-refractivity contribution in [2.45, 2.75) is 70.6 Å². The van der Waals surface area contributed by atoms with E-state index in [4.69, 9.17) is 19.4 Å². The molecule has 2 aromatic heterocycles.